The molecule has 3 aromatic heterocycles. The summed E-state index contributed by atoms with van der Waals surface area (Å²) in [6.45, 7) is 1.47. The third kappa shape index (κ3) is 2.36. The van der Waals surface area contributed by atoms with E-state index in [1.807, 2.05) is 6.07 Å². The maximum atomic E-state index is 6.16. The summed E-state index contributed by atoms with van der Waals surface area (Å²) < 4.78 is 2.14. The smallest absolute Gasteiger partial charge is 0.137 e. The largest absolute Gasteiger partial charge is 0.318 e. The molecule has 0 saturated heterocycles. The first kappa shape index (κ1) is 13.3. The minimum absolute atomic E-state index is 0.571. The molecule has 23 heavy (non-hydrogen) atoms. The van der Waals surface area contributed by atoms with Crippen molar-refractivity contribution in [2.45, 2.75) is 31.8 Å². The lowest BCUT2D eigenvalue weighted by Gasteiger charge is -2.13. The molecule has 116 valence electrons. The Kier molecular flexibility index (Phi) is 2.87. The van der Waals surface area contributed by atoms with E-state index in [-0.39, 0.29) is 0 Å². The molecule has 1 N–H and O–H groups in total. The number of nitrogens with one attached hydrogen (secondary N) is 1. The highest BCUT2D eigenvalue weighted by Gasteiger charge is 2.24. The minimum Gasteiger partial charge on any atom is -0.318 e. The zero-order chi connectivity index (χ0) is 15.4. The molecule has 0 unspecified atom stereocenters. The van der Waals surface area contributed by atoms with E-state index in [4.69, 9.17) is 16.6 Å². The maximum absolute atomic E-state index is 6.16. The molecule has 1 aliphatic heterocycles. The third-order valence-corrected chi connectivity index (χ3v) is 4.88. The van der Waals surface area contributed by atoms with Crippen molar-refractivity contribution in [3.05, 3.63) is 58.8 Å². The van der Waals surface area contributed by atoms with Crippen LogP contribution in [-0.4, -0.2) is 19.4 Å². The number of imidazole rings is 1. The highest BCUT2D eigenvalue weighted by Crippen LogP contribution is 2.40. The number of nitrogens with zero attached hydrogens (tertiary/aromatic N) is 4. The van der Waals surface area contributed by atoms with Gasteiger partial charge in [-0.3, -0.25) is 0 Å². The average Bonchev–Trinajstić information content (AvgIpc) is 3.18. The van der Waals surface area contributed by atoms with Gasteiger partial charge in [0.1, 0.15) is 10.8 Å². The summed E-state index contributed by atoms with van der Waals surface area (Å²) in [5.74, 6) is 0.759. The summed E-state index contributed by atoms with van der Waals surface area (Å²) in [4.78, 5) is 8.85. The van der Waals surface area contributed by atoms with Crippen LogP contribution >= 0.6 is 11.6 Å². The highest BCUT2D eigenvalue weighted by atomic mass is 35.5. The standard InChI is InChI=1S/C17H16ClN5/c18-17-14-10-23(21-15(14)5-6-19-17)9-13-8-22-7-12(11-1-2-11)3-4-16(22)20-13/h3-8,11,21H,1-2,9-10H2. The van der Waals surface area contributed by atoms with Crippen molar-refractivity contribution in [3.8, 4) is 0 Å². The van der Waals surface area contributed by atoms with Crippen molar-refractivity contribution in [1.29, 1.82) is 0 Å². The van der Waals surface area contributed by atoms with Gasteiger partial charge in [0, 0.05) is 30.7 Å². The average molecular weight is 326 g/mol. The molecule has 1 saturated carbocycles. The SMILES string of the molecule is Clc1nccc2c1CN(Cc1cn3cc(C4CC4)ccc3n1)N2. The molecule has 5 rings (SSSR count). The van der Waals surface area contributed by atoms with E-state index in [1.165, 1.54) is 18.4 Å². The highest BCUT2D eigenvalue weighted by molar-refractivity contribution is 6.30. The normalized spacial score (nSPS) is 17.4. The summed E-state index contributed by atoms with van der Waals surface area (Å²) in [5.41, 5.74) is 8.92. The Morgan fingerprint density at radius 1 is 1.22 bits per heavy atom. The molecular formula is C17H16ClN5. The van der Waals surface area contributed by atoms with Gasteiger partial charge >= 0.3 is 0 Å². The summed E-state index contributed by atoms with van der Waals surface area (Å²) >= 11 is 6.16. The number of anilines is 1. The first-order valence-electron chi connectivity index (χ1n) is 7.89. The first-order chi connectivity index (χ1) is 11.3. The Bertz CT molecular complexity index is 899. The van der Waals surface area contributed by atoms with Crippen molar-refractivity contribution in [3.63, 3.8) is 0 Å². The molecule has 0 atom stereocenters. The van der Waals surface area contributed by atoms with E-state index < -0.39 is 0 Å². The fourth-order valence-corrected chi connectivity index (χ4v) is 3.43. The van der Waals surface area contributed by atoms with Crippen LogP contribution in [0.1, 0.15) is 35.6 Å². The van der Waals surface area contributed by atoms with Crippen LogP contribution in [0.4, 0.5) is 5.69 Å². The fraction of sp³-hybridized carbons (Fsp3) is 0.294. The summed E-state index contributed by atoms with van der Waals surface area (Å²) in [5, 5.41) is 2.68. The summed E-state index contributed by atoms with van der Waals surface area (Å²) in [6, 6.07) is 6.27. The van der Waals surface area contributed by atoms with Crippen LogP contribution in [0.3, 0.4) is 0 Å². The second-order valence-corrected chi connectivity index (χ2v) is 6.69. The van der Waals surface area contributed by atoms with Gasteiger partial charge in [-0.25, -0.2) is 15.0 Å². The monoisotopic (exact) mass is 325 g/mol. The van der Waals surface area contributed by atoms with Gasteiger partial charge in [0.2, 0.25) is 0 Å². The van der Waals surface area contributed by atoms with Crippen LogP contribution in [0.2, 0.25) is 5.15 Å². The molecule has 0 radical (unpaired) electrons. The quantitative estimate of drug-likeness (QED) is 0.747. The number of aromatic nitrogens is 3. The lowest BCUT2D eigenvalue weighted by atomic mass is 10.2. The van der Waals surface area contributed by atoms with E-state index in [2.05, 4.69) is 44.3 Å². The molecule has 1 aliphatic carbocycles. The van der Waals surface area contributed by atoms with Gasteiger partial charge in [0.15, 0.2) is 0 Å². The van der Waals surface area contributed by atoms with Gasteiger partial charge in [0.25, 0.3) is 0 Å². The number of pyridine rings is 2. The van der Waals surface area contributed by atoms with Gasteiger partial charge in [-0.05, 0) is 36.5 Å². The molecule has 3 aromatic rings. The maximum Gasteiger partial charge on any atom is 0.137 e. The number of hydrazine groups is 1. The van der Waals surface area contributed by atoms with Crippen LogP contribution in [0, 0.1) is 0 Å². The third-order valence-electron chi connectivity index (χ3n) is 4.56. The molecule has 0 aromatic carbocycles. The zero-order valence-corrected chi connectivity index (χ0v) is 13.3. The molecule has 1 fully saturated rings. The van der Waals surface area contributed by atoms with Crippen LogP contribution in [-0.2, 0) is 13.1 Å². The van der Waals surface area contributed by atoms with Crippen molar-refractivity contribution in [2.75, 3.05) is 5.43 Å². The second kappa shape index (κ2) is 4.94. The molecule has 0 amide bonds. The van der Waals surface area contributed by atoms with Crippen LogP contribution in [0.15, 0.2) is 36.8 Å². The predicted octanol–water partition coefficient (Wildman–Crippen LogP) is 3.60. The summed E-state index contributed by atoms with van der Waals surface area (Å²) in [6.07, 6.45) is 8.69. The van der Waals surface area contributed by atoms with Gasteiger partial charge in [-0.2, -0.15) is 0 Å². The van der Waals surface area contributed by atoms with E-state index in [9.17, 15) is 0 Å². The molecule has 4 heterocycles. The lowest BCUT2D eigenvalue weighted by molar-refractivity contribution is 0.331. The van der Waals surface area contributed by atoms with Crippen LogP contribution in [0.5, 0.6) is 0 Å². The van der Waals surface area contributed by atoms with Crippen LogP contribution in [0.25, 0.3) is 5.65 Å². The fourth-order valence-electron chi connectivity index (χ4n) is 3.21. The van der Waals surface area contributed by atoms with Crippen molar-refractivity contribution >= 4 is 22.9 Å². The van der Waals surface area contributed by atoms with Crippen molar-refractivity contribution in [2.24, 2.45) is 0 Å². The second-order valence-electron chi connectivity index (χ2n) is 6.33. The number of halogens is 1. The van der Waals surface area contributed by atoms with E-state index >= 15 is 0 Å². The number of hydrogen-bond donors (Lipinski definition) is 1. The van der Waals surface area contributed by atoms with Crippen LogP contribution < -0.4 is 5.43 Å². The predicted molar refractivity (Wildman–Crippen MR) is 89.3 cm³/mol. The molecule has 0 bridgehead atoms. The van der Waals surface area contributed by atoms with Gasteiger partial charge in [0.05, 0.1) is 17.9 Å². The van der Waals surface area contributed by atoms with Gasteiger partial charge in [-0.1, -0.05) is 17.7 Å². The number of fused-ring (bicyclic) bond motifs is 2. The lowest BCUT2D eigenvalue weighted by Crippen LogP contribution is -2.22. The van der Waals surface area contributed by atoms with E-state index in [1.54, 1.807) is 6.20 Å². The molecule has 0 spiro atoms. The molecule has 2 aliphatic rings. The minimum atomic E-state index is 0.571. The zero-order valence-electron chi connectivity index (χ0n) is 12.5. The Hall–Kier alpha value is -2.11. The molecule has 5 nitrogen and oxygen atoms in total. The van der Waals surface area contributed by atoms with E-state index in [0.717, 1.165) is 41.6 Å². The topological polar surface area (TPSA) is 45.5 Å². The van der Waals surface area contributed by atoms with Gasteiger partial charge < -0.3 is 9.83 Å². The van der Waals surface area contributed by atoms with Gasteiger partial charge in [-0.15, -0.1) is 0 Å². The Labute approximate surface area is 138 Å². The Morgan fingerprint density at radius 3 is 2.96 bits per heavy atom. The molecular weight excluding hydrogens is 310 g/mol. The number of hydrogen-bond acceptors (Lipinski definition) is 4. The van der Waals surface area contributed by atoms with E-state index in [0.29, 0.717) is 5.15 Å². The summed E-state index contributed by atoms with van der Waals surface area (Å²) in [7, 11) is 0. The Balaban J connectivity index is 1.39. The number of rotatable bonds is 3. The van der Waals surface area contributed by atoms with Crippen molar-refractivity contribution < 1.29 is 0 Å². The van der Waals surface area contributed by atoms with Crippen molar-refractivity contribution in [1.82, 2.24) is 19.4 Å². The first-order valence-corrected chi connectivity index (χ1v) is 8.26. The Morgan fingerprint density at radius 2 is 2.13 bits per heavy atom. The molecule has 6 heteroatoms.